The van der Waals surface area contributed by atoms with Crippen molar-refractivity contribution in [1.82, 2.24) is 10.3 Å². The number of carbonyl (C=O) groups excluding carboxylic acids is 1. The van der Waals surface area contributed by atoms with Gasteiger partial charge in [-0.1, -0.05) is 29.5 Å². The Labute approximate surface area is 187 Å². The summed E-state index contributed by atoms with van der Waals surface area (Å²) in [5.74, 6) is -0.153. The van der Waals surface area contributed by atoms with Crippen molar-refractivity contribution in [3.63, 3.8) is 0 Å². The third-order valence-corrected chi connectivity index (χ3v) is 6.87. The summed E-state index contributed by atoms with van der Waals surface area (Å²) in [5, 5.41) is 3.57. The molecule has 6 nitrogen and oxygen atoms in total. The largest absolute Gasteiger partial charge is 0.350 e. The maximum Gasteiger partial charge on any atom is 0.262 e. The minimum Gasteiger partial charge on any atom is -0.350 e. The molecule has 8 heteroatoms. The van der Waals surface area contributed by atoms with E-state index < -0.39 is 10.0 Å². The molecule has 0 aliphatic rings. The summed E-state index contributed by atoms with van der Waals surface area (Å²) in [4.78, 5) is 17.5. The van der Waals surface area contributed by atoms with Crippen LogP contribution in [0.3, 0.4) is 0 Å². The normalized spacial score (nSPS) is 11.4. The molecular formula is C23H25N3O3S2. The molecule has 0 radical (unpaired) electrons. The smallest absolute Gasteiger partial charge is 0.262 e. The highest BCUT2D eigenvalue weighted by molar-refractivity contribution is 7.99. The fourth-order valence-electron chi connectivity index (χ4n) is 2.94. The Bertz CT molecular complexity index is 1170. The van der Waals surface area contributed by atoms with E-state index in [1.807, 2.05) is 39.0 Å². The maximum atomic E-state index is 12.7. The van der Waals surface area contributed by atoms with Crippen LogP contribution in [0.4, 0.5) is 5.69 Å². The van der Waals surface area contributed by atoms with Gasteiger partial charge in [-0.05, 0) is 75.7 Å². The van der Waals surface area contributed by atoms with Gasteiger partial charge in [0.1, 0.15) is 5.03 Å². The number of hydrogen-bond acceptors (Lipinski definition) is 5. The number of rotatable bonds is 7. The molecule has 2 aromatic carbocycles. The molecule has 0 unspecified atom stereocenters. The Morgan fingerprint density at radius 3 is 2.29 bits per heavy atom. The lowest BCUT2D eigenvalue weighted by Gasteiger charge is -2.11. The van der Waals surface area contributed by atoms with Gasteiger partial charge in [-0.3, -0.25) is 9.52 Å². The van der Waals surface area contributed by atoms with Gasteiger partial charge in [0, 0.05) is 22.8 Å². The van der Waals surface area contributed by atoms with Crippen molar-refractivity contribution < 1.29 is 13.2 Å². The molecule has 0 spiro atoms. The average Bonchev–Trinajstić information content (AvgIpc) is 2.69. The predicted octanol–water partition coefficient (Wildman–Crippen LogP) is 4.79. The summed E-state index contributed by atoms with van der Waals surface area (Å²) >= 11 is 1.43. The first kappa shape index (κ1) is 22.8. The predicted molar refractivity (Wildman–Crippen MR) is 124 cm³/mol. The highest BCUT2D eigenvalue weighted by Gasteiger charge is 2.17. The molecule has 3 rings (SSSR count). The van der Waals surface area contributed by atoms with Crippen molar-refractivity contribution in [2.75, 3.05) is 4.72 Å². The summed E-state index contributed by atoms with van der Waals surface area (Å²) in [7, 11) is -3.66. The number of carbonyl (C=O) groups is 1. The van der Waals surface area contributed by atoms with Crippen LogP contribution in [-0.4, -0.2) is 25.4 Å². The highest BCUT2D eigenvalue weighted by atomic mass is 32.2. The molecule has 0 atom stereocenters. The number of hydrogen-bond donors (Lipinski definition) is 2. The van der Waals surface area contributed by atoms with Crippen LogP contribution in [0.2, 0.25) is 0 Å². The summed E-state index contributed by atoms with van der Waals surface area (Å²) in [5.41, 5.74) is 2.71. The number of amides is 1. The van der Waals surface area contributed by atoms with Gasteiger partial charge in [-0.2, -0.15) is 0 Å². The molecule has 31 heavy (non-hydrogen) atoms. The lowest BCUT2D eigenvalue weighted by atomic mass is 10.2. The molecule has 0 saturated carbocycles. The summed E-state index contributed by atoms with van der Waals surface area (Å²) in [6.07, 6.45) is 1.55. The number of aromatic nitrogens is 1. The molecule has 162 valence electrons. The van der Waals surface area contributed by atoms with E-state index in [0.29, 0.717) is 16.8 Å². The minimum absolute atomic E-state index is 0.0624. The van der Waals surface area contributed by atoms with Crippen LogP contribution in [0.15, 0.2) is 75.6 Å². The van der Waals surface area contributed by atoms with Crippen LogP contribution in [0.1, 0.15) is 35.3 Å². The topological polar surface area (TPSA) is 88.2 Å². The molecule has 2 N–H and O–H groups in total. The molecular weight excluding hydrogens is 430 g/mol. The number of nitrogens with one attached hydrogen (secondary N) is 2. The summed E-state index contributed by atoms with van der Waals surface area (Å²) in [6, 6.07) is 15.9. The second kappa shape index (κ2) is 9.53. The third-order valence-electron chi connectivity index (χ3n) is 4.37. The van der Waals surface area contributed by atoms with Gasteiger partial charge in [0.15, 0.2) is 0 Å². The number of sulfonamides is 1. The van der Waals surface area contributed by atoms with Gasteiger partial charge in [-0.25, -0.2) is 13.4 Å². The van der Waals surface area contributed by atoms with Gasteiger partial charge >= 0.3 is 0 Å². The maximum absolute atomic E-state index is 12.7. The zero-order chi connectivity index (χ0) is 22.6. The SMILES string of the molecule is Cc1ccc(S(=O)(=O)Nc2ccc(Sc3ccc(C(=O)NC(C)C)cn3)cc2)c(C)c1. The van der Waals surface area contributed by atoms with E-state index in [1.165, 1.54) is 11.8 Å². The standard InChI is InChI=1S/C23H25N3O3S2/c1-15(2)25-23(27)18-6-12-22(24-14-18)30-20-9-7-19(8-10-20)26-31(28,29)21-11-5-16(3)13-17(21)4/h5-15,26H,1-4H3,(H,25,27). The summed E-state index contributed by atoms with van der Waals surface area (Å²) < 4.78 is 28.0. The van der Waals surface area contributed by atoms with Crippen LogP contribution in [0.5, 0.6) is 0 Å². The first-order chi connectivity index (χ1) is 14.6. The number of nitrogens with zero attached hydrogens (tertiary/aromatic N) is 1. The van der Waals surface area contributed by atoms with Gasteiger partial charge < -0.3 is 5.32 Å². The first-order valence-corrected chi connectivity index (χ1v) is 12.1. The Balaban J connectivity index is 1.67. The molecule has 0 saturated heterocycles. The van der Waals surface area contributed by atoms with Crippen LogP contribution < -0.4 is 10.0 Å². The second-order valence-electron chi connectivity index (χ2n) is 7.51. The molecule has 3 aromatic rings. The van der Waals surface area contributed by atoms with Gasteiger partial charge in [0.05, 0.1) is 10.5 Å². The van der Waals surface area contributed by atoms with Crippen molar-refractivity contribution in [2.24, 2.45) is 0 Å². The zero-order valence-electron chi connectivity index (χ0n) is 17.8. The van der Waals surface area contributed by atoms with E-state index in [0.717, 1.165) is 15.5 Å². The van der Waals surface area contributed by atoms with Crippen molar-refractivity contribution >= 4 is 33.4 Å². The average molecular weight is 456 g/mol. The van der Waals surface area contributed by atoms with Crippen LogP contribution in [0.25, 0.3) is 0 Å². The fourth-order valence-corrected chi connectivity index (χ4v) is 4.98. The summed E-state index contributed by atoms with van der Waals surface area (Å²) in [6.45, 7) is 7.52. The van der Waals surface area contributed by atoms with Gasteiger partial charge in [0.25, 0.3) is 15.9 Å². The number of aryl methyl sites for hydroxylation is 2. The Morgan fingerprint density at radius 2 is 1.71 bits per heavy atom. The second-order valence-corrected chi connectivity index (χ2v) is 10.3. The molecule has 1 aromatic heterocycles. The zero-order valence-corrected chi connectivity index (χ0v) is 19.5. The Morgan fingerprint density at radius 1 is 1.00 bits per heavy atom. The fraction of sp³-hybridized carbons (Fsp3) is 0.217. The van der Waals surface area contributed by atoms with E-state index in [1.54, 1.807) is 49.5 Å². The van der Waals surface area contributed by atoms with Gasteiger partial charge in [-0.15, -0.1) is 0 Å². The van der Waals surface area contributed by atoms with E-state index >= 15 is 0 Å². The lowest BCUT2D eigenvalue weighted by Crippen LogP contribution is -2.30. The van der Waals surface area contributed by atoms with E-state index in [4.69, 9.17) is 0 Å². The van der Waals surface area contributed by atoms with Crippen molar-refractivity contribution in [2.45, 2.75) is 48.6 Å². The molecule has 0 fully saturated rings. The molecule has 1 heterocycles. The van der Waals surface area contributed by atoms with E-state index in [9.17, 15) is 13.2 Å². The Kier molecular flexibility index (Phi) is 7.02. The molecule has 1 amide bonds. The van der Waals surface area contributed by atoms with E-state index in [2.05, 4.69) is 15.0 Å². The van der Waals surface area contributed by atoms with Crippen LogP contribution in [-0.2, 0) is 10.0 Å². The van der Waals surface area contributed by atoms with Crippen LogP contribution >= 0.6 is 11.8 Å². The van der Waals surface area contributed by atoms with Crippen molar-refractivity contribution in [3.05, 3.63) is 77.5 Å². The number of pyridine rings is 1. The van der Waals surface area contributed by atoms with Crippen molar-refractivity contribution in [1.29, 1.82) is 0 Å². The van der Waals surface area contributed by atoms with Gasteiger partial charge in [0.2, 0.25) is 0 Å². The quantitative estimate of drug-likeness (QED) is 0.535. The van der Waals surface area contributed by atoms with E-state index in [-0.39, 0.29) is 16.8 Å². The molecule has 0 aliphatic carbocycles. The Hall–Kier alpha value is -2.84. The van der Waals surface area contributed by atoms with Crippen molar-refractivity contribution in [3.8, 4) is 0 Å². The lowest BCUT2D eigenvalue weighted by molar-refractivity contribution is 0.0942. The number of benzene rings is 2. The monoisotopic (exact) mass is 455 g/mol. The molecule has 0 aliphatic heterocycles. The highest BCUT2D eigenvalue weighted by Crippen LogP contribution is 2.28. The molecule has 0 bridgehead atoms. The third kappa shape index (κ3) is 6.08. The first-order valence-electron chi connectivity index (χ1n) is 9.79. The number of anilines is 1. The van der Waals surface area contributed by atoms with Crippen LogP contribution in [0, 0.1) is 13.8 Å². The minimum atomic E-state index is -3.66.